The highest BCUT2D eigenvalue weighted by molar-refractivity contribution is 6.32. The third-order valence-corrected chi connectivity index (χ3v) is 3.37. The summed E-state index contributed by atoms with van der Waals surface area (Å²) in [6.07, 6.45) is 5.47. The van der Waals surface area contributed by atoms with Gasteiger partial charge in [0.2, 0.25) is 0 Å². The predicted octanol–water partition coefficient (Wildman–Crippen LogP) is 3.20. The second-order valence-electron chi connectivity index (χ2n) is 4.37. The van der Waals surface area contributed by atoms with Crippen molar-refractivity contribution in [1.82, 2.24) is 4.98 Å². The number of nitrogens with zero attached hydrogens (tertiary/aromatic N) is 1. The van der Waals surface area contributed by atoms with E-state index in [0.717, 1.165) is 24.8 Å². The highest BCUT2D eigenvalue weighted by Crippen LogP contribution is 2.31. The molecule has 1 aromatic rings. The Hall–Kier alpha value is -0.310. The number of nitrogens with two attached hydrogens (primary N) is 1. The van der Waals surface area contributed by atoms with Crippen LogP contribution in [-0.2, 0) is 6.42 Å². The van der Waals surface area contributed by atoms with Crippen molar-refractivity contribution >= 4 is 23.2 Å². The van der Waals surface area contributed by atoms with Gasteiger partial charge in [-0.2, -0.15) is 0 Å². The normalized spacial score (nSPS) is 19.4. The molecule has 1 aliphatic carbocycles. The van der Waals surface area contributed by atoms with Gasteiger partial charge < -0.3 is 5.73 Å². The third kappa shape index (κ3) is 2.83. The van der Waals surface area contributed by atoms with Crippen LogP contribution in [0.5, 0.6) is 0 Å². The van der Waals surface area contributed by atoms with Crippen molar-refractivity contribution in [2.24, 2.45) is 5.73 Å². The average molecular weight is 245 g/mol. The SMILES string of the molecule is NC1(Cc2cc(Cl)nc(Cl)c2)CCCC1. The fourth-order valence-electron chi connectivity index (χ4n) is 2.28. The molecule has 1 saturated carbocycles. The standard InChI is InChI=1S/C11H14Cl2N2/c12-9-5-8(6-10(13)15-9)7-11(14)3-1-2-4-11/h5-6H,1-4,7,14H2. The third-order valence-electron chi connectivity index (χ3n) is 2.98. The molecule has 0 radical (unpaired) electrons. The average Bonchev–Trinajstić information content (AvgIpc) is 2.49. The number of rotatable bonds is 2. The number of halogens is 2. The second kappa shape index (κ2) is 4.28. The first kappa shape index (κ1) is 11.2. The minimum Gasteiger partial charge on any atom is -0.325 e. The van der Waals surface area contributed by atoms with Crippen molar-refractivity contribution in [3.8, 4) is 0 Å². The lowest BCUT2D eigenvalue weighted by molar-refractivity contribution is 0.436. The summed E-state index contributed by atoms with van der Waals surface area (Å²) >= 11 is 11.7. The van der Waals surface area contributed by atoms with Gasteiger partial charge in [0, 0.05) is 5.54 Å². The molecule has 0 atom stereocenters. The summed E-state index contributed by atoms with van der Waals surface area (Å²) in [6, 6.07) is 3.70. The molecule has 2 N–H and O–H groups in total. The fourth-order valence-corrected chi connectivity index (χ4v) is 2.78. The fraction of sp³-hybridized carbons (Fsp3) is 0.545. The molecule has 0 spiro atoms. The van der Waals surface area contributed by atoms with Crippen molar-refractivity contribution in [2.75, 3.05) is 0 Å². The van der Waals surface area contributed by atoms with E-state index in [4.69, 9.17) is 28.9 Å². The maximum absolute atomic E-state index is 6.28. The largest absolute Gasteiger partial charge is 0.325 e. The lowest BCUT2D eigenvalue weighted by Gasteiger charge is -2.23. The first-order valence-electron chi connectivity index (χ1n) is 5.18. The van der Waals surface area contributed by atoms with Gasteiger partial charge in [0.05, 0.1) is 0 Å². The van der Waals surface area contributed by atoms with Gasteiger partial charge in [-0.05, 0) is 37.0 Å². The summed E-state index contributed by atoms with van der Waals surface area (Å²) in [6.45, 7) is 0. The minimum atomic E-state index is -0.0615. The molecule has 15 heavy (non-hydrogen) atoms. The van der Waals surface area contributed by atoms with Crippen LogP contribution in [0, 0.1) is 0 Å². The van der Waals surface area contributed by atoms with Gasteiger partial charge in [-0.1, -0.05) is 36.0 Å². The van der Waals surface area contributed by atoms with E-state index in [0.29, 0.717) is 10.3 Å². The molecule has 1 heterocycles. The molecular weight excluding hydrogens is 231 g/mol. The first-order chi connectivity index (χ1) is 7.07. The number of aromatic nitrogens is 1. The minimum absolute atomic E-state index is 0.0615. The predicted molar refractivity (Wildman–Crippen MR) is 63.3 cm³/mol. The topological polar surface area (TPSA) is 38.9 Å². The highest BCUT2D eigenvalue weighted by Gasteiger charge is 2.29. The van der Waals surface area contributed by atoms with E-state index in [1.807, 2.05) is 12.1 Å². The van der Waals surface area contributed by atoms with Crippen LogP contribution < -0.4 is 5.73 Å². The molecule has 82 valence electrons. The Bertz CT molecular complexity index is 339. The quantitative estimate of drug-likeness (QED) is 0.812. The molecule has 1 aromatic heterocycles. The Morgan fingerprint density at radius 3 is 2.27 bits per heavy atom. The maximum Gasteiger partial charge on any atom is 0.131 e. The van der Waals surface area contributed by atoms with E-state index in [1.165, 1.54) is 12.8 Å². The summed E-state index contributed by atoms with van der Waals surface area (Å²) in [5.74, 6) is 0. The van der Waals surface area contributed by atoms with Crippen molar-refractivity contribution in [3.63, 3.8) is 0 Å². The Morgan fingerprint density at radius 1 is 1.20 bits per heavy atom. The Balaban J connectivity index is 2.16. The molecule has 0 aromatic carbocycles. The van der Waals surface area contributed by atoms with Crippen LogP contribution in [0.1, 0.15) is 31.2 Å². The van der Waals surface area contributed by atoms with Gasteiger partial charge >= 0.3 is 0 Å². The summed E-state index contributed by atoms with van der Waals surface area (Å²) in [7, 11) is 0. The zero-order valence-electron chi connectivity index (χ0n) is 8.47. The molecule has 2 rings (SSSR count). The van der Waals surface area contributed by atoms with Gasteiger partial charge in [0.25, 0.3) is 0 Å². The summed E-state index contributed by atoms with van der Waals surface area (Å²) in [5.41, 5.74) is 7.31. The molecule has 0 bridgehead atoms. The molecule has 0 unspecified atom stereocenters. The monoisotopic (exact) mass is 244 g/mol. The van der Waals surface area contributed by atoms with Crippen molar-refractivity contribution in [1.29, 1.82) is 0 Å². The van der Waals surface area contributed by atoms with Crippen LogP contribution in [0.4, 0.5) is 0 Å². The molecule has 2 nitrogen and oxygen atoms in total. The Kier molecular flexibility index (Phi) is 3.19. The van der Waals surface area contributed by atoms with Crippen molar-refractivity contribution in [2.45, 2.75) is 37.6 Å². The number of hydrogen-bond donors (Lipinski definition) is 1. The smallest absolute Gasteiger partial charge is 0.131 e. The summed E-state index contributed by atoms with van der Waals surface area (Å²) in [5, 5.41) is 0.887. The highest BCUT2D eigenvalue weighted by atomic mass is 35.5. The van der Waals surface area contributed by atoms with Gasteiger partial charge in [0.15, 0.2) is 0 Å². The number of pyridine rings is 1. The van der Waals surface area contributed by atoms with Gasteiger partial charge in [-0.3, -0.25) is 0 Å². The molecule has 0 aliphatic heterocycles. The molecule has 1 aliphatic rings. The van der Waals surface area contributed by atoms with Gasteiger partial charge in [-0.15, -0.1) is 0 Å². The number of hydrogen-bond acceptors (Lipinski definition) is 2. The van der Waals surface area contributed by atoms with E-state index in [-0.39, 0.29) is 5.54 Å². The molecule has 0 amide bonds. The van der Waals surface area contributed by atoms with Crippen LogP contribution in [0.2, 0.25) is 10.3 Å². The summed E-state index contributed by atoms with van der Waals surface area (Å²) in [4.78, 5) is 3.92. The lowest BCUT2D eigenvalue weighted by Crippen LogP contribution is -2.38. The van der Waals surface area contributed by atoms with Crippen LogP contribution >= 0.6 is 23.2 Å². The van der Waals surface area contributed by atoms with Crippen molar-refractivity contribution < 1.29 is 0 Å². The zero-order valence-corrected chi connectivity index (χ0v) is 9.98. The molecular formula is C11H14Cl2N2. The van der Waals surface area contributed by atoms with E-state index >= 15 is 0 Å². The van der Waals surface area contributed by atoms with Crippen molar-refractivity contribution in [3.05, 3.63) is 28.0 Å². The van der Waals surface area contributed by atoms with Crippen LogP contribution in [-0.4, -0.2) is 10.5 Å². The van der Waals surface area contributed by atoms with Crippen LogP contribution in [0.15, 0.2) is 12.1 Å². The lowest BCUT2D eigenvalue weighted by atomic mass is 9.91. The molecule has 1 fully saturated rings. The summed E-state index contributed by atoms with van der Waals surface area (Å²) < 4.78 is 0. The van der Waals surface area contributed by atoms with Gasteiger partial charge in [-0.25, -0.2) is 4.98 Å². The van der Waals surface area contributed by atoms with E-state index < -0.39 is 0 Å². The molecule has 0 saturated heterocycles. The Morgan fingerprint density at radius 2 is 1.73 bits per heavy atom. The Labute approximate surface area is 99.8 Å². The second-order valence-corrected chi connectivity index (χ2v) is 5.14. The van der Waals surface area contributed by atoms with Crippen LogP contribution in [0.3, 0.4) is 0 Å². The first-order valence-corrected chi connectivity index (χ1v) is 5.94. The maximum atomic E-state index is 6.28. The molecule has 4 heteroatoms. The van der Waals surface area contributed by atoms with E-state index in [1.54, 1.807) is 0 Å². The zero-order chi connectivity index (χ0) is 10.9. The van der Waals surface area contributed by atoms with E-state index in [9.17, 15) is 0 Å². The van der Waals surface area contributed by atoms with Gasteiger partial charge in [0.1, 0.15) is 10.3 Å². The van der Waals surface area contributed by atoms with E-state index in [2.05, 4.69) is 4.98 Å². The van der Waals surface area contributed by atoms with Crippen LogP contribution in [0.25, 0.3) is 0 Å².